The molecule has 6 nitrogen and oxygen atoms in total. The average Bonchev–Trinajstić information content (AvgIpc) is 1.22. The van der Waals surface area contributed by atoms with E-state index in [4.69, 9.17) is 22.4 Å². The summed E-state index contributed by atoms with van der Waals surface area (Å²) in [5.74, 6) is 1.90. The first-order valence-electron chi connectivity index (χ1n) is 30.8. The largest absolute Gasteiger partial charge is 0.458 e. The van der Waals surface area contributed by atoms with Crippen molar-refractivity contribution in [3.05, 3.63) is 261 Å². The van der Waals surface area contributed by atoms with Gasteiger partial charge in [-0.3, -0.25) is 13.7 Å². The van der Waals surface area contributed by atoms with Crippen molar-refractivity contribution in [2.45, 2.75) is 26.2 Å². The van der Waals surface area contributed by atoms with Crippen LogP contribution in [0, 0.1) is 6.33 Å². The molecule has 0 atom stereocenters. The topological polar surface area (TPSA) is 49.0 Å². The molecule has 0 unspecified atom stereocenters. The Kier molecular flexibility index (Phi) is 8.22. The van der Waals surface area contributed by atoms with Crippen LogP contribution in [0.3, 0.4) is 0 Å². The summed E-state index contributed by atoms with van der Waals surface area (Å²) in [5.41, 5.74) is 10.3. The summed E-state index contributed by atoms with van der Waals surface area (Å²) in [6.07, 6.45) is 7.45. The summed E-state index contributed by atoms with van der Waals surface area (Å²) in [6, 6.07) is 51.8. The minimum atomic E-state index is -0.564. The number of imidazole rings is 1. The van der Waals surface area contributed by atoms with Crippen LogP contribution in [0.2, 0.25) is 0 Å². The molecule has 370 valence electrons. The predicted molar refractivity (Wildman–Crippen MR) is 317 cm³/mol. The van der Waals surface area contributed by atoms with Gasteiger partial charge in [0.15, 0.2) is 0 Å². The second-order valence-electron chi connectivity index (χ2n) is 20.6. The molecule has 10 aromatic carbocycles. The molecule has 15 rings (SSSR count). The van der Waals surface area contributed by atoms with Crippen LogP contribution in [0.5, 0.6) is 11.5 Å². The third-order valence-corrected chi connectivity index (χ3v) is 14.9. The van der Waals surface area contributed by atoms with Crippen LogP contribution < -0.4 is 9.30 Å². The Hall–Kier alpha value is -10.0. The van der Waals surface area contributed by atoms with E-state index in [-0.39, 0.29) is 22.1 Å². The Balaban J connectivity index is 0.994. The third kappa shape index (κ3) is 7.40. The second-order valence-corrected chi connectivity index (χ2v) is 20.6. The normalized spacial score (nSPS) is 13.8. The Morgan fingerprint density at radius 3 is 2.01 bits per heavy atom. The summed E-state index contributed by atoms with van der Waals surface area (Å²) in [6.45, 7) is 6.56. The number of benzene rings is 10. The van der Waals surface area contributed by atoms with Gasteiger partial charge in [-0.2, -0.15) is 0 Å². The molecule has 0 radical (unpaired) electrons. The number of ether oxygens (including phenoxy) is 1. The van der Waals surface area contributed by atoms with Gasteiger partial charge in [0.05, 0.1) is 41.8 Å². The summed E-state index contributed by atoms with van der Waals surface area (Å²) >= 11 is 0. The Morgan fingerprint density at radius 2 is 1.18 bits per heavy atom. The van der Waals surface area contributed by atoms with Gasteiger partial charge in [0, 0.05) is 45.6 Å². The van der Waals surface area contributed by atoms with Crippen molar-refractivity contribution in [3.63, 3.8) is 0 Å². The van der Waals surface area contributed by atoms with Gasteiger partial charge in [-0.1, -0.05) is 184 Å². The fourth-order valence-electron chi connectivity index (χ4n) is 11.3. The van der Waals surface area contributed by atoms with Gasteiger partial charge in [0.25, 0.3) is 6.33 Å². The molecule has 0 saturated heterocycles. The van der Waals surface area contributed by atoms with Crippen molar-refractivity contribution in [1.82, 2.24) is 14.1 Å². The van der Waals surface area contributed by atoms with E-state index in [1.807, 2.05) is 155 Å². The molecule has 78 heavy (non-hydrogen) atoms. The van der Waals surface area contributed by atoms with Crippen molar-refractivity contribution in [1.29, 1.82) is 0 Å². The predicted octanol–water partition coefficient (Wildman–Crippen LogP) is 18.4. The van der Waals surface area contributed by atoms with Crippen LogP contribution >= 0.6 is 0 Å². The van der Waals surface area contributed by atoms with E-state index >= 15 is 0 Å². The van der Waals surface area contributed by atoms with E-state index in [2.05, 4.69) is 62.0 Å². The van der Waals surface area contributed by atoms with E-state index in [0.29, 0.717) is 78.7 Å². The number of hydrogen-bond donors (Lipinski definition) is 0. The Bertz CT molecular complexity index is 5270. The van der Waals surface area contributed by atoms with Crippen LogP contribution in [-0.4, -0.2) is 14.1 Å². The maximum Gasteiger partial charge on any atom is 0.269 e. The number of nitrogens with zero attached hydrogens (tertiary/aromatic N) is 4. The van der Waals surface area contributed by atoms with Crippen molar-refractivity contribution >= 4 is 43.7 Å². The van der Waals surface area contributed by atoms with Crippen LogP contribution in [-0.2, 0) is 5.41 Å². The highest BCUT2D eigenvalue weighted by Gasteiger charge is 2.30. The molecule has 0 amide bonds. The molecule has 6 heteroatoms. The lowest BCUT2D eigenvalue weighted by Crippen LogP contribution is -2.34. The number of rotatable bonds is 7. The second kappa shape index (κ2) is 17.8. The number of furan rings is 1. The zero-order valence-electron chi connectivity index (χ0n) is 52.5. The quantitative estimate of drug-likeness (QED) is 0.118. The van der Waals surface area contributed by atoms with E-state index in [1.165, 1.54) is 0 Å². The fourth-order valence-corrected chi connectivity index (χ4v) is 11.3. The number of pyridine rings is 1. The zero-order chi connectivity index (χ0) is 60.8. The molecule has 5 heterocycles. The molecule has 14 aromatic rings. The first-order valence-corrected chi connectivity index (χ1v) is 25.8. The van der Waals surface area contributed by atoms with Gasteiger partial charge in [0.2, 0.25) is 0 Å². The first-order chi connectivity index (χ1) is 42.4. The summed E-state index contributed by atoms with van der Waals surface area (Å²) in [5, 5.41) is 3.83. The fraction of sp³-hybridized carbons (Fsp3) is 0.0556. The third-order valence-electron chi connectivity index (χ3n) is 14.9. The lowest BCUT2D eigenvalue weighted by atomic mass is 9.81. The van der Waals surface area contributed by atoms with Gasteiger partial charge in [-0.25, -0.2) is 4.98 Å². The standard InChI is InChI=1S/C72H50N4O2/c1-72(2,3)49-37-38-73-68(41-49)76-64-33-14-12-27-57(64)58-36-35-52(43-65(58)76)77-51-24-16-23-50(42-51)74-44-66-56-26-11-10-25-55(56)60-31-17-29-53(46-19-6-4-7-20-46)69(60)63-40-48(39-62(70(63)75(66)45-74)47-21-8-5-9-22-47)54-30-18-32-61-59-28-13-15-34-67(59)78-71(54)61/h4-44H,1-3H3/i4D,5D,6D,7D,8D,9D,19D,20D,21D,22D. The van der Waals surface area contributed by atoms with E-state index in [0.717, 1.165) is 49.5 Å². The van der Waals surface area contributed by atoms with E-state index < -0.39 is 60.4 Å². The molecule has 0 aliphatic carbocycles. The van der Waals surface area contributed by atoms with Crippen LogP contribution in [0.25, 0.3) is 128 Å². The molecule has 0 N–H and O–H groups in total. The minimum absolute atomic E-state index is 0.0448. The lowest BCUT2D eigenvalue weighted by Gasteiger charge is -2.27. The zero-order valence-corrected chi connectivity index (χ0v) is 42.5. The minimum Gasteiger partial charge on any atom is -0.458 e. The van der Waals surface area contributed by atoms with E-state index in [1.54, 1.807) is 12.1 Å². The van der Waals surface area contributed by atoms with E-state index in [9.17, 15) is 5.48 Å². The molecular weight excluding hydrogens is 953 g/mol. The lowest BCUT2D eigenvalue weighted by molar-refractivity contribution is -0.586. The van der Waals surface area contributed by atoms with Gasteiger partial charge >= 0.3 is 0 Å². The van der Waals surface area contributed by atoms with Crippen molar-refractivity contribution in [2.75, 3.05) is 0 Å². The Morgan fingerprint density at radius 1 is 0.526 bits per heavy atom. The van der Waals surface area contributed by atoms with Gasteiger partial charge < -0.3 is 9.15 Å². The molecular formula is C72H50N4O2. The number of hydrogen-bond acceptors (Lipinski definition) is 3. The maximum atomic E-state index is 9.69. The smallest absolute Gasteiger partial charge is 0.269 e. The Labute approximate surface area is 466 Å². The number of fused-ring (bicyclic) bond motifs is 14. The average molecular weight is 1010 g/mol. The molecule has 0 saturated carbocycles. The maximum absolute atomic E-state index is 9.69. The molecule has 4 aromatic heterocycles. The highest BCUT2D eigenvalue weighted by molar-refractivity contribution is 6.12. The van der Waals surface area contributed by atoms with Gasteiger partial charge in [-0.15, -0.1) is 0 Å². The highest BCUT2D eigenvalue weighted by atomic mass is 16.5. The first kappa shape index (κ1) is 36.0. The number of para-hydroxylation sites is 3. The van der Waals surface area contributed by atoms with Crippen LogP contribution in [0.1, 0.15) is 40.0 Å². The molecule has 0 spiro atoms. The molecule has 0 bridgehead atoms. The molecule has 0 fully saturated rings. The van der Waals surface area contributed by atoms with Gasteiger partial charge in [-0.05, 0) is 133 Å². The monoisotopic (exact) mass is 1010 g/mol. The van der Waals surface area contributed by atoms with Gasteiger partial charge in [0.1, 0.15) is 28.5 Å². The van der Waals surface area contributed by atoms with Crippen LogP contribution in [0.15, 0.2) is 253 Å². The van der Waals surface area contributed by atoms with Crippen molar-refractivity contribution < 1.29 is 27.4 Å². The molecule has 1 aliphatic rings. The number of aromatic nitrogens is 4. The SMILES string of the molecule is [2H]c1c([2H])c([2H])c(-c2cccc3c2-c2cc(-c4cccc5c4oc4ccccc45)cc(-c4c([2H])c([2H])c([2H])c([2H])c4[2H])c2-[n+]2[c-]n(-c4cccc(Oc5ccc6c7ccccc7n(-c7cc(C(C)(C)C)ccn7)c6c5)c4)cc2-c2ccccc2-3)c([2H])c1[2H]. The summed E-state index contributed by atoms with van der Waals surface area (Å²) in [4.78, 5) is 4.88. The van der Waals surface area contributed by atoms with Crippen molar-refractivity contribution in [2.24, 2.45) is 0 Å². The summed E-state index contributed by atoms with van der Waals surface area (Å²) < 4.78 is 111. The summed E-state index contributed by atoms with van der Waals surface area (Å²) in [7, 11) is 0. The van der Waals surface area contributed by atoms with Crippen LogP contribution in [0.4, 0.5) is 0 Å². The van der Waals surface area contributed by atoms with Crippen molar-refractivity contribution in [3.8, 4) is 95.6 Å². The molecule has 1 aliphatic heterocycles. The highest BCUT2D eigenvalue weighted by Crippen LogP contribution is 2.50.